The Morgan fingerprint density at radius 3 is 2.80 bits per heavy atom. The van der Waals surface area contributed by atoms with Crippen LogP contribution in [0.25, 0.3) is 5.65 Å². The van der Waals surface area contributed by atoms with Gasteiger partial charge in [0.2, 0.25) is 5.95 Å². The summed E-state index contributed by atoms with van der Waals surface area (Å²) in [5.41, 5.74) is 2.02. The third-order valence-electron chi connectivity index (χ3n) is 4.47. The van der Waals surface area contributed by atoms with Gasteiger partial charge in [0.05, 0.1) is 6.20 Å². The van der Waals surface area contributed by atoms with Crippen molar-refractivity contribution in [3.8, 4) is 11.5 Å². The van der Waals surface area contributed by atoms with Gasteiger partial charge in [-0.3, -0.25) is 0 Å². The third kappa shape index (κ3) is 2.31. The number of fused-ring (bicyclic) bond motifs is 2. The quantitative estimate of drug-likeness (QED) is 0.684. The first-order valence-electron chi connectivity index (χ1n) is 7.51. The molecule has 0 radical (unpaired) electrons. The number of hydrogen-bond donors (Lipinski definition) is 0. The van der Waals surface area contributed by atoms with E-state index in [0.29, 0.717) is 5.65 Å². The molecule has 1 saturated carbocycles. The molecule has 2 atom stereocenters. The standard InChI is InChI=1S/C16H9ClF3N3O2/c17-13-5-10(15-21-6-14(18)23(15)22-13)9-4-8(9)7-1-2-11-12(3-7)25-16(19,20)24-11/h1-3,5-6,8-9H,4H2/t8-,9-/m1/s1. The largest absolute Gasteiger partial charge is 0.586 e. The first-order chi connectivity index (χ1) is 11.9. The summed E-state index contributed by atoms with van der Waals surface area (Å²) in [6, 6.07) is 6.40. The molecule has 5 rings (SSSR count). The predicted octanol–water partition coefficient (Wildman–Crippen LogP) is 4.11. The molecule has 2 aromatic heterocycles. The maximum Gasteiger partial charge on any atom is 0.586 e. The zero-order valence-electron chi connectivity index (χ0n) is 12.4. The van der Waals surface area contributed by atoms with Crippen LogP contribution in [0.5, 0.6) is 11.5 Å². The number of halogens is 4. The minimum Gasteiger partial charge on any atom is -0.395 e. The number of imidazole rings is 1. The summed E-state index contributed by atoms with van der Waals surface area (Å²) in [6.45, 7) is 0. The van der Waals surface area contributed by atoms with Gasteiger partial charge in [0.25, 0.3) is 0 Å². The molecule has 0 bridgehead atoms. The van der Waals surface area contributed by atoms with Gasteiger partial charge >= 0.3 is 6.29 Å². The van der Waals surface area contributed by atoms with Gasteiger partial charge < -0.3 is 9.47 Å². The number of nitrogens with zero attached hydrogens (tertiary/aromatic N) is 3. The van der Waals surface area contributed by atoms with Crippen LogP contribution in [0.2, 0.25) is 5.15 Å². The minimum absolute atomic E-state index is 0.00984. The zero-order valence-corrected chi connectivity index (χ0v) is 13.2. The molecule has 1 aliphatic heterocycles. The molecule has 9 heteroatoms. The monoisotopic (exact) mass is 367 g/mol. The highest BCUT2D eigenvalue weighted by Crippen LogP contribution is 2.57. The molecule has 2 aliphatic rings. The zero-order chi connectivity index (χ0) is 17.3. The minimum atomic E-state index is -3.64. The molecule has 0 amide bonds. The second-order valence-corrected chi connectivity index (χ2v) is 6.45. The molecule has 0 N–H and O–H groups in total. The first kappa shape index (κ1) is 14.8. The molecule has 1 aromatic carbocycles. The highest BCUT2D eigenvalue weighted by Gasteiger charge is 2.46. The fourth-order valence-corrected chi connectivity index (χ4v) is 3.50. The number of alkyl halides is 2. The van der Waals surface area contributed by atoms with Crippen LogP contribution in [0.1, 0.15) is 29.4 Å². The Bertz CT molecular complexity index is 1020. The van der Waals surface area contributed by atoms with Crippen LogP contribution >= 0.6 is 11.6 Å². The summed E-state index contributed by atoms with van der Waals surface area (Å²) in [5.74, 6) is -0.453. The van der Waals surface area contributed by atoms with Crippen molar-refractivity contribution in [3.63, 3.8) is 0 Å². The first-order valence-corrected chi connectivity index (χ1v) is 7.88. The Morgan fingerprint density at radius 1 is 1.16 bits per heavy atom. The van der Waals surface area contributed by atoms with Gasteiger partial charge in [-0.1, -0.05) is 17.7 Å². The number of hydrogen-bond acceptors (Lipinski definition) is 4. The molecule has 128 valence electrons. The van der Waals surface area contributed by atoms with Crippen molar-refractivity contribution in [1.29, 1.82) is 0 Å². The number of rotatable bonds is 2. The molecule has 5 nitrogen and oxygen atoms in total. The number of ether oxygens (including phenoxy) is 2. The van der Waals surface area contributed by atoms with Gasteiger partial charge in [0.15, 0.2) is 22.3 Å². The molecule has 3 aromatic rings. The van der Waals surface area contributed by atoms with Gasteiger partial charge in [-0.15, -0.1) is 8.78 Å². The van der Waals surface area contributed by atoms with Gasteiger partial charge in [0.1, 0.15) is 0 Å². The summed E-state index contributed by atoms with van der Waals surface area (Å²) in [5, 5.41) is 4.05. The van der Waals surface area contributed by atoms with E-state index < -0.39 is 12.2 Å². The van der Waals surface area contributed by atoms with Crippen molar-refractivity contribution in [2.24, 2.45) is 0 Å². The van der Waals surface area contributed by atoms with Gasteiger partial charge in [-0.05, 0) is 42.0 Å². The molecule has 1 fully saturated rings. The lowest BCUT2D eigenvalue weighted by atomic mass is 10.1. The summed E-state index contributed by atoms with van der Waals surface area (Å²) in [4.78, 5) is 4.05. The fourth-order valence-electron chi connectivity index (χ4n) is 3.31. The SMILES string of the molecule is Fc1cnc2c([C@@H]3C[C@@H]3c3ccc4c(c3)OC(F)(F)O4)cc(Cl)nn12. The number of benzene rings is 1. The van der Waals surface area contributed by atoms with Crippen LogP contribution in [0.15, 0.2) is 30.5 Å². The molecule has 0 saturated heterocycles. The average molecular weight is 368 g/mol. The Kier molecular flexibility index (Phi) is 2.84. The van der Waals surface area contributed by atoms with E-state index in [9.17, 15) is 13.2 Å². The summed E-state index contributed by atoms with van der Waals surface area (Å²) in [7, 11) is 0. The van der Waals surface area contributed by atoms with E-state index in [1.54, 1.807) is 18.2 Å². The van der Waals surface area contributed by atoms with Crippen molar-refractivity contribution in [1.82, 2.24) is 14.6 Å². The van der Waals surface area contributed by atoms with Gasteiger partial charge in [-0.2, -0.15) is 14.0 Å². The van der Waals surface area contributed by atoms with E-state index in [1.807, 2.05) is 0 Å². The Balaban J connectivity index is 1.49. The summed E-state index contributed by atoms with van der Waals surface area (Å²) < 4.78 is 49.9. The topological polar surface area (TPSA) is 48.7 Å². The lowest BCUT2D eigenvalue weighted by Crippen LogP contribution is -2.25. The summed E-state index contributed by atoms with van der Waals surface area (Å²) >= 11 is 5.98. The van der Waals surface area contributed by atoms with E-state index in [2.05, 4.69) is 19.6 Å². The van der Waals surface area contributed by atoms with E-state index in [4.69, 9.17) is 11.6 Å². The van der Waals surface area contributed by atoms with Crippen molar-refractivity contribution in [2.75, 3.05) is 0 Å². The fraction of sp³-hybridized carbons (Fsp3) is 0.250. The summed E-state index contributed by atoms with van der Waals surface area (Å²) in [6.07, 6.45) is -1.79. The van der Waals surface area contributed by atoms with E-state index in [1.165, 1.54) is 6.07 Å². The van der Waals surface area contributed by atoms with Gasteiger partial charge in [-0.25, -0.2) is 4.98 Å². The van der Waals surface area contributed by atoms with Crippen LogP contribution in [-0.4, -0.2) is 20.9 Å². The van der Waals surface area contributed by atoms with Crippen molar-refractivity contribution >= 4 is 17.2 Å². The maximum atomic E-state index is 13.7. The third-order valence-corrected chi connectivity index (χ3v) is 4.65. The lowest BCUT2D eigenvalue weighted by Gasteiger charge is -2.05. The number of aromatic nitrogens is 3. The smallest absolute Gasteiger partial charge is 0.395 e. The normalized spacial score (nSPS) is 23.2. The van der Waals surface area contributed by atoms with Crippen LogP contribution in [0.4, 0.5) is 13.2 Å². The molecule has 3 heterocycles. The molecule has 25 heavy (non-hydrogen) atoms. The Morgan fingerprint density at radius 2 is 1.96 bits per heavy atom. The van der Waals surface area contributed by atoms with E-state index in [0.717, 1.165) is 28.3 Å². The van der Waals surface area contributed by atoms with Crippen molar-refractivity contribution < 1.29 is 22.6 Å². The van der Waals surface area contributed by atoms with Crippen LogP contribution in [-0.2, 0) is 0 Å². The van der Waals surface area contributed by atoms with Crippen LogP contribution in [0.3, 0.4) is 0 Å². The highest BCUT2D eigenvalue weighted by atomic mass is 35.5. The Labute approximate surface area is 143 Å². The second kappa shape index (κ2) is 4.78. The van der Waals surface area contributed by atoms with Crippen LogP contribution in [0, 0.1) is 5.95 Å². The molecule has 1 aliphatic carbocycles. The lowest BCUT2D eigenvalue weighted by molar-refractivity contribution is -0.286. The van der Waals surface area contributed by atoms with Crippen molar-refractivity contribution in [3.05, 3.63) is 52.7 Å². The molecule has 0 spiro atoms. The predicted molar refractivity (Wildman–Crippen MR) is 80.7 cm³/mol. The van der Waals surface area contributed by atoms with Gasteiger partial charge in [0, 0.05) is 5.56 Å². The maximum absolute atomic E-state index is 13.7. The average Bonchev–Trinajstić information content (AvgIpc) is 3.17. The molecular formula is C16H9ClF3N3O2. The van der Waals surface area contributed by atoms with Crippen LogP contribution < -0.4 is 9.47 Å². The van der Waals surface area contributed by atoms with E-state index >= 15 is 0 Å². The molecular weight excluding hydrogens is 359 g/mol. The second-order valence-electron chi connectivity index (χ2n) is 6.06. The molecule has 0 unspecified atom stereocenters. The highest BCUT2D eigenvalue weighted by molar-refractivity contribution is 6.29. The van der Waals surface area contributed by atoms with Crippen molar-refractivity contribution in [2.45, 2.75) is 24.6 Å². The van der Waals surface area contributed by atoms with E-state index in [-0.39, 0.29) is 28.5 Å². The Hall–Kier alpha value is -2.48.